The van der Waals surface area contributed by atoms with Gasteiger partial charge in [-0.1, -0.05) is 24.6 Å². The standard InChI is InChI=1S/C32H39N5O/c1-3-37(4-2)30-15-12-27(32(24-30)38-21-20-36-18-6-5-7-19-36)11-14-29-23-28(34-35-29)13-9-25-8-10-26-16-17-33-31(26)22-25/h8-17,22-24,33H,3-7,18-21H2,1-2H3,(H,34,35). The molecule has 0 radical (unpaired) electrons. The molecule has 6 nitrogen and oxygen atoms in total. The van der Waals surface area contributed by atoms with E-state index < -0.39 is 0 Å². The van der Waals surface area contributed by atoms with Crippen molar-refractivity contribution in [2.75, 3.05) is 44.2 Å². The maximum atomic E-state index is 6.36. The van der Waals surface area contributed by atoms with E-state index in [1.165, 1.54) is 43.4 Å². The van der Waals surface area contributed by atoms with Gasteiger partial charge in [0.05, 0.1) is 11.4 Å². The molecule has 0 unspecified atom stereocenters. The lowest BCUT2D eigenvalue weighted by Gasteiger charge is -2.26. The number of benzene rings is 2. The van der Waals surface area contributed by atoms with Gasteiger partial charge in [-0.3, -0.25) is 10.00 Å². The SMILES string of the molecule is CCN(CC)c1ccc(C=Cc2cc(C=Cc3ccc4cc[nH]c4c3)[nH]n2)c(OCCN2CCCCC2)c1. The highest BCUT2D eigenvalue weighted by molar-refractivity contribution is 5.83. The third-order valence-electron chi connectivity index (χ3n) is 7.33. The molecule has 3 heterocycles. The number of nitrogens with one attached hydrogen (secondary N) is 2. The monoisotopic (exact) mass is 509 g/mol. The maximum absolute atomic E-state index is 6.36. The Bertz CT molecular complexity index is 1370. The van der Waals surface area contributed by atoms with Crippen molar-refractivity contribution in [3.8, 4) is 5.75 Å². The van der Waals surface area contributed by atoms with Crippen molar-refractivity contribution in [1.82, 2.24) is 20.1 Å². The normalized spacial score (nSPS) is 14.7. The van der Waals surface area contributed by atoms with Gasteiger partial charge in [0, 0.05) is 48.7 Å². The highest BCUT2D eigenvalue weighted by Crippen LogP contribution is 2.28. The van der Waals surface area contributed by atoms with Gasteiger partial charge in [0.1, 0.15) is 12.4 Å². The molecule has 38 heavy (non-hydrogen) atoms. The van der Waals surface area contributed by atoms with E-state index in [0.29, 0.717) is 6.61 Å². The van der Waals surface area contributed by atoms with Gasteiger partial charge in [0.2, 0.25) is 0 Å². The number of aromatic nitrogens is 3. The summed E-state index contributed by atoms with van der Waals surface area (Å²) in [6.45, 7) is 10.4. The molecule has 0 amide bonds. The number of rotatable bonds is 11. The topological polar surface area (TPSA) is 60.2 Å². The van der Waals surface area contributed by atoms with E-state index in [9.17, 15) is 0 Å². The number of ether oxygens (including phenoxy) is 1. The van der Waals surface area contributed by atoms with Gasteiger partial charge < -0.3 is 14.6 Å². The fourth-order valence-electron chi connectivity index (χ4n) is 5.09. The third kappa shape index (κ3) is 6.56. The Morgan fingerprint density at radius 1 is 0.921 bits per heavy atom. The van der Waals surface area contributed by atoms with E-state index in [0.717, 1.165) is 53.4 Å². The van der Waals surface area contributed by atoms with Crippen molar-refractivity contribution in [2.24, 2.45) is 0 Å². The lowest BCUT2D eigenvalue weighted by molar-refractivity contribution is 0.183. The quantitative estimate of drug-likeness (QED) is 0.230. The average Bonchev–Trinajstić information content (AvgIpc) is 3.62. The van der Waals surface area contributed by atoms with Crippen molar-refractivity contribution in [3.05, 3.63) is 77.2 Å². The van der Waals surface area contributed by atoms with Gasteiger partial charge in [-0.05, 0) is 99.3 Å². The number of nitrogens with zero attached hydrogens (tertiary/aromatic N) is 3. The number of hydrogen-bond acceptors (Lipinski definition) is 4. The van der Waals surface area contributed by atoms with Crippen LogP contribution >= 0.6 is 0 Å². The second-order valence-electron chi connectivity index (χ2n) is 9.88. The largest absolute Gasteiger partial charge is 0.492 e. The van der Waals surface area contributed by atoms with Crippen LogP contribution in [0.2, 0.25) is 0 Å². The van der Waals surface area contributed by atoms with Gasteiger partial charge in [-0.25, -0.2) is 0 Å². The predicted molar refractivity (Wildman–Crippen MR) is 161 cm³/mol. The second kappa shape index (κ2) is 12.7. The van der Waals surface area contributed by atoms with E-state index >= 15 is 0 Å². The lowest BCUT2D eigenvalue weighted by Crippen LogP contribution is -2.33. The number of H-pyrrole nitrogens is 2. The first kappa shape index (κ1) is 25.9. The molecule has 2 aromatic carbocycles. The Hall–Kier alpha value is -3.77. The Balaban J connectivity index is 1.28. The van der Waals surface area contributed by atoms with E-state index in [2.05, 4.69) is 106 Å². The van der Waals surface area contributed by atoms with Crippen LogP contribution in [0.3, 0.4) is 0 Å². The summed E-state index contributed by atoms with van der Waals surface area (Å²) < 4.78 is 6.36. The Morgan fingerprint density at radius 2 is 1.79 bits per heavy atom. The molecule has 2 aromatic heterocycles. The number of anilines is 1. The molecule has 0 saturated carbocycles. The zero-order chi connectivity index (χ0) is 26.2. The molecule has 0 spiro atoms. The Morgan fingerprint density at radius 3 is 2.63 bits per heavy atom. The van der Waals surface area contributed by atoms with Crippen molar-refractivity contribution >= 4 is 40.9 Å². The van der Waals surface area contributed by atoms with E-state index in [1.807, 2.05) is 12.3 Å². The van der Waals surface area contributed by atoms with Crippen LogP contribution in [0.1, 0.15) is 55.6 Å². The molecular formula is C32H39N5O. The summed E-state index contributed by atoms with van der Waals surface area (Å²) in [7, 11) is 0. The van der Waals surface area contributed by atoms with Crippen molar-refractivity contribution in [2.45, 2.75) is 33.1 Å². The predicted octanol–water partition coefficient (Wildman–Crippen LogP) is 6.94. The van der Waals surface area contributed by atoms with Crippen molar-refractivity contribution in [1.29, 1.82) is 0 Å². The van der Waals surface area contributed by atoms with Crippen LogP contribution in [0.25, 0.3) is 35.2 Å². The van der Waals surface area contributed by atoms with Crippen LogP contribution < -0.4 is 9.64 Å². The summed E-state index contributed by atoms with van der Waals surface area (Å²) >= 11 is 0. The van der Waals surface area contributed by atoms with Crippen LogP contribution in [-0.4, -0.2) is 59.4 Å². The summed E-state index contributed by atoms with van der Waals surface area (Å²) in [5.41, 5.74) is 6.40. The maximum Gasteiger partial charge on any atom is 0.128 e. The van der Waals surface area contributed by atoms with Gasteiger partial charge in [-0.15, -0.1) is 0 Å². The van der Waals surface area contributed by atoms with E-state index in [-0.39, 0.29) is 0 Å². The minimum absolute atomic E-state index is 0.703. The smallest absolute Gasteiger partial charge is 0.128 e. The van der Waals surface area contributed by atoms with Gasteiger partial charge >= 0.3 is 0 Å². The number of piperidine rings is 1. The molecule has 5 rings (SSSR count). The van der Waals surface area contributed by atoms with E-state index in [1.54, 1.807) is 0 Å². The number of aromatic amines is 2. The summed E-state index contributed by atoms with van der Waals surface area (Å²) in [5, 5.41) is 8.83. The Kier molecular flexibility index (Phi) is 8.61. The second-order valence-corrected chi connectivity index (χ2v) is 9.88. The molecular weight excluding hydrogens is 470 g/mol. The van der Waals surface area contributed by atoms with Crippen LogP contribution in [-0.2, 0) is 0 Å². The van der Waals surface area contributed by atoms with Crippen molar-refractivity contribution in [3.63, 3.8) is 0 Å². The zero-order valence-corrected chi connectivity index (χ0v) is 22.6. The summed E-state index contributed by atoms with van der Waals surface area (Å²) in [6.07, 6.45) is 14.2. The molecule has 0 aliphatic carbocycles. The zero-order valence-electron chi connectivity index (χ0n) is 22.6. The fourth-order valence-corrected chi connectivity index (χ4v) is 5.09. The molecule has 2 N–H and O–H groups in total. The van der Waals surface area contributed by atoms with Crippen LogP contribution in [0.4, 0.5) is 5.69 Å². The summed E-state index contributed by atoms with van der Waals surface area (Å²) in [5.74, 6) is 0.929. The highest BCUT2D eigenvalue weighted by atomic mass is 16.5. The van der Waals surface area contributed by atoms with Gasteiger partial charge in [0.25, 0.3) is 0 Å². The molecule has 0 bridgehead atoms. The minimum Gasteiger partial charge on any atom is -0.492 e. The minimum atomic E-state index is 0.703. The molecule has 0 atom stereocenters. The average molecular weight is 510 g/mol. The molecule has 1 saturated heterocycles. The summed E-state index contributed by atoms with van der Waals surface area (Å²) in [4.78, 5) is 8.13. The van der Waals surface area contributed by atoms with Crippen LogP contribution in [0.15, 0.2) is 54.7 Å². The van der Waals surface area contributed by atoms with Crippen molar-refractivity contribution < 1.29 is 4.74 Å². The van der Waals surface area contributed by atoms with Gasteiger partial charge in [0.15, 0.2) is 0 Å². The fraction of sp³-hybridized carbons (Fsp3) is 0.344. The molecule has 198 valence electrons. The lowest BCUT2D eigenvalue weighted by atomic mass is 10.1. The van der Waals surface area contributed by atoms with Crippen LogP contribution in [0, 0.1) is 0 Å². The summed E-state index contributed by atoms with van der Waals surface area (Å²) in [6, 6.07) is 17.1. The molecule has 1 fully saturated rings. The first-order valence-electron chi connectivity index (χ1n) is 13.9. The molecule has 6 heteroatoms. The molecule has 4 aromatic rings. The highest BCUT2D eigenvalue weighted by Gasteiger charge is 2.12. The van der Waals surface area contributed by atoms with E-state index in [4.69, 9.17) is 4.74 Å². The molecule has 1 aliphatic rings. The first-order chi connectivity index (χ1) is 18.7. The first-order valence-corrected chi connectivity index (χ1v) is 13.9. The van der Waals surface area contributed by atoms with Gasteiger partial charge in [-0.2, -0.15) is 5.10 Å². The number of likely N-dealkylation sites (tertiary alicyclic amines) is 1. The number of hydrogen-bond donors (Lipinski definition) is 2. The number of fused-ring (bicyclic) bond motifs is 1. The van der Waals surface area contributed by atoms with Crippen LogP contribution in [0.5, 0.6) is 5.75 Å². The Labute approximate surface area is 226 Å². The third-order valence-corrected chi connectivity index (χ3v) is 7.33. The molecule has 1 aliphatic heterocycles.